The number of allylic oxidation sites excluding steroid dienone is 2. The average molecular weight is 595 g/mol. The van der Waals surface area contributed by atoms with E-state index in [0.29, 0.717) is 23.2 Å². The highest BCUT2D eigenvalue weighted by Gasteiger charge is 2.59. The number of ether oxygens (including phenoxy) is 1. The maximum atomic E-state index is 12.6. The standard InChI is InChI=1S/C37H58N2O4/c1-23(2)7-6-8-24(3)29-12-13-30-28-11-9-26-21-25(17-19-36(26,4)31(28)18-20-37(29,30)5)33(43-41)15-16-35(40)42-34-22-27(38)10-14-32(34)39/h9-10,14,22-25,28-31,33,41H,6-8,11-13,15-21,38-39H2,1-5H3. The van der Waals surface area contributed by atoms with E-state index in [9.17, 15) is 10.1 Å². The summed E-state index contributed by atoms with van der Waals surface area (Å²) in [4.78, 5) is 17.6. The van der Waals surface area contributed by atoms with Crippen molar-refractivity contribution in [2.45, 2.75) is 124 Å². The first-order valence-electron chi connectivity index (χ1n) is 17.3. The molecule has 4 aliphatic carbocycles. The van der Waals surface area contributed by atoms with Crippen LogP contribution in [0.3, 0.4) is 0 Å². The molecular formula is C37H58N2O4. The molecule has 0 radical (unpaired) electrons. The second-order valence-electron chi connectivity index (χ2n) is 15.7. The maximum absolute atomic E-state index is 12.6. The number of carbonyl (C=O) groups excluding carboxylic acids is 1. The van der Waals surface area contributed by atoms with Crippen LogP contribution in [0.4, 0.5) is 11.4 Å². The van der Waals surface area contributed by atoms with E-state index in [2.05, 4.69) is 40.7 Å². The van der Waals surface area contributed by atoms with Crippen LogP contribution in [0.15, 0.2) is 29.8 Å². The van der Waals surface area contributed by atoms with E-state index in [1.165, 1.54) is 51.4 Å². The molecule has 6 heteroatoms. The van der Waals surface area contributed by atoms with Crippen LogP contribution >= 0.6 is 0 Å². The lowest BCUT2D eigenvalue weighted by Gasteiger charge is -2.59. The van der Waals surface area contributed by atoms with Crippen molar-refractivity contribution in [3.8, 4) is 5.75 Å². The number of nitrogen functional groups attached to an aromatic ring is 2. The van der Waals surface area contributed by atoms with Crippen LogP contribution in [0.5, 0.6) is 5.75 Å². The fraction of sp³-hybridized carbons (Fsp3) is 0.757. The van der Waals surface area contributed by atoms with Gasteiger partial charge >= 0.3 is 5.97 Å². The minimum absolute atomic E-state index is 0.147. The normalized spacial score (nSPS) is 35.0. The number of nitrogens with two attached hydrogens (primary N) is 2. The molecule has 9 atom stereocenters. The number of benzene rings is 1. The predicted octanol–water partition coefficient (Wildman–Crippen LogP) is 9.05. The van der Waals surface area contributed by atoms with Gasteiger partial charge in [-0.3, -0.25) is 10.1 Å². The fourth-order valence-electron chi connectivity index (χ4n) is 10.5. The minimum atomic E-state index is -0.394. The van der Waals surface area contributed by atoms with Gasteiger partial charge in [-0.1, -0.05) is 65.5 Å². The van der Waals surface area contributed by atoms with Gasteiger partial charge < -0.3 is 16.2 Å². The number of rotatable bonds is 11. The highest BCUT2D eigenvalue weighted by molar-refractivity contribution is 5.75. The fourth-order valence-corrected chi connectivity index (χ4v) is 10.5. The lowest BCUT2D eigenvalue weighted by molar-refractivity contribution is -0.293. The van der Waals surface area contributed by atoms with E-state index in [1.54, 1.807) is 23.8 Å². The van der Waals surface area contributed by atoms with Gasteiger partial charge in [0.1, 0.15) is 0 Å². The summed E-state index contributed by atoms with van der Waals surface area (Å²) in [6.07, 6.45) is 16.7. The Kier molecular flexibility index (Phi) is 9.87. The Balaban J connectivity index is 1.20. The Morgan fingerprint density at radius 3 is 2.56 bits per heavy atom. The molecule has 1 aromatic carbocycles. The maximum Gasteiger partial charge on any atom is 0.311 e. The smallest absolute Gasteiger partial charge is 0.311 e. The Bertz CT molecular complexity index is 1170. The molecule has 0 aliphatic heterocycles. The largest absolute Gasteiger partial charge is 0.424 e. The van der Waals surface area contributed by atoms with Gasteiger partial charge in [0, 0.05) is 18.2 Å². The van der Waals surface area contributed by atoms with Crippen LogP contribution in [0.2, 0.25) is 0 Å². The molecule has 5 N–H and O–H groups in total. The summed E-state index contributed by atoms with van der Waals surface area (Å²) in [5, 5.41) is 9.88. The third kappa shape index (κ3) is 6.52. The Morgan fingerprint density at radius 2 is 1.81 bits per heavy atom. The van der Waals surface area contributed by atoms with E-state index >= 15 is 0 Å². The molecule has 6 nitrogen and oxygen atoms in total. The van der Waals surface area contributed by atoms with E-state index in [-0.39, 0.29) is 23.5 Å². The molecule has 0 aromatic heterocycles. The van der Waals surface area contributed by atoms with E-state index in [4.69, 9.17) is 21.1 Å². The molecule has 1 aromatic rings. The van der Waals surface area contributed by atoms with Gasteiger partial charge in [-0.15, -0.1) is 0 Å². The lowest BCUT2D eigenvalue weighted by Crippen LogP contribution is -2.51. The van der Waals surface area contributed by atoms with Crippen LogP contribution in [-0.2, 0) is 9.68 Å². The third-order valence-corrected chi connectivity index (χ3v) is 12.9. The highest BCUT2D eigenvalue weighted by Crippen LogP contribution is 2.67. The molecule has 4 aliphatic rings. The zero-order valence-electron chi connectivity index (χ0n) is 27.4. The monoisotopic (exact) mass is 594 g/mol. The number of fused-ring (bicyclic) bond motifs is 5. The van der Waals surface area contributed by atoms with Crippen molar-refractivity contribution in [1.29, 1.82) is 0 Å². The Morgan fingerprint density at radius 1 is 1.02 bits per heavy atom. The molecule has 0 heterocycles. The molecule has 3 saturated carbocycles. The van der Waals surface area contributed by atoms with Crippen LogP contribution < -0.4 is 16.2 Å². The van der Waals surface area contributed by atoms with Gasteiger partial charge in [0.2, 0.25) is 0 Å². The second-order valence-corrected chi connectivity index (χ2v) is 15.7. The predicted molar refractivity (Wildman–Crippen MR) is 174 cm³/mol. The van der Waals surface area contributed by atoms with Crippen LogP contribution in [-0.4, -0.2) is 17.3 Å². The van der Waals surface area contributed by atoms with E-state index in [1.807, 2.05) is 0 Å². The molecule has 3 fully saturated rings. The summed E-state index contributed by atoms with van der Waals surface area (Å²) in [6, 6.07) is 4.87. The Hall–Kier alpha value is -2.05. The summed E-state index contributed by atoms with van der Waals surface area (Å²) >= 11 is 0. The van der Waals surface area contributed by atoms with Crippen molar-refractivity contribution >= 4 is 17.3 Å². The third-order valence-electron chi connectivity index (χ3n) is 12.9. The van der Waals surface area contributed by atoms with Crippen LogP contribution in [0, 0.1) is 52.3 Å². The number of hydrogen-bond donors (Lipinski definition) is 3. The number of hydrogen-bond acceptors (Lipinski definition) is 6. The van der Waals surface area contributed by atoms with Crippen molar-refractivity contribution in [2.24, 2.45) is 52.3 Å². The summed E-state index contributed by atoms with van der Waals surface area (Å²) in [5.74, 6) is 5.01. The zero-order chi connectivity index (χ0) is 30.9. The first kappa shape index (κ1) is 32.3. The molecule has 240 valence electrons. The summed E-state index contributed by atoms with van der Waals surface area (Å²) < 4.78 is 5.47. The van der Waals surface area contributed by atoms with Gasteiger partial charge in [0.25, 0.3) is 0 Å². The van der Waals surface area contributed by atoms with Gasteiger partial charge in [0.15, 0.2) is 5.75 Å². The first-order chi connectivity index (χ1) is 20.5. The molecular weight excluding hydrogens is 536 g/mol. The molecule has 0 saturated heterocycles. The summed E-state index contributed by atoms with van der Waals surface area (Å²) in [5.41, 5.74) is 14.9. The zero-order valence-corrected chi connectivity index (χ0v) is 27.4. The summed E-state index contributed by atoms with van der Waals surface area (Å²) in [7, 11) is 0. The van der Waals surface area contributed by atoms with Crippen molar-refractivity contribution in [2.75, 3.05) is 11.5 Å². The molecule has 0 bridgehead atoms. The first-order valence-corrected chi connectivity index (χ1v) is 17.3. The van der Waals surface area contributed by atoms with Crippen LogP contribution in [0.1, 0.15) is 118 Å². The second kappa shape index (κ2) is 13.1. The number of anilines is 2. The average Bonchev–Trinajstić information content (AvgIpc) is 3.32. The summed E-state index contributed by atoms with van der Waals surface area (Å²) in [6.45, 7) is 12.5. The quantitative estimate of drug-likeness (QED) is 0.0589. The molecule has 5 rings (SSSR count). The number of esters is 1. The highest BCUT2D eigenvalue weighted by atomic mass is 17.1. The minimum Gasteiger partial charge on any atom is -0.424 e. The topological polar surface area (TPSA) is 108 Å². The molecule has 9 unspecified atom stereocenters. The van der Waals surface area contributed by atoms with E-state index in [0.717, 1.165) is 54.8 Å². The lowest BCUT2D eigenvalue weighted by atomic mass is 9.46. The molecule has 0 spiro atoms. The van der Waals surface area contributed by atoms with Gasteiger partial charge in [-0.25, -0.2) is 4.89 Å². The van der Waals surface area contributed by atoms with Crippen molar-refractivity contribution in [1.82, 2.24) is 0 Å². The van der Waals surface area contributed by atoms with E-state index < -0.39 is 12.1 Å². The molecule has 0 amide bonds. The molecule has 43 heavy (non-hydrogen) atoms. The van der Waals surface area contributed by atoms with Gasteiger partial charge in [0.05, 0.1) is 11.8 Å². The van der Waals surface area contributed by atoms with Crippen LogP contribution in [0.25, 0.3) is 0 Å². The van der Waals surface area contributed by atoms with Gasteiger partial charge in [-0.05, 0) is 122 Å². The Labute approximate surface area is 260 Å². The SMILES string of the molecule is CC(C)CCCC(C)C1CCC2C3CC=C4CC(C(CCC(=O)Oc5cc(N)ccc5N)OO)CCC4(C)C3CCC12C. The van der Waals surface area contributed by atoms with Crippen molar-refractivity contribution in [3.63, 3.8) is 0 Å². The van der Waals surface area contributed by atoms with Gasteiger partial charge in [-0.2, -0.15) is 0 Å². The van der Waals surface area contributed by atoms with Crippen molar-refractivity contribution in [3.05, 3.63) is 29.8 Å². The number of carbonyl (C=O) groups is 1. The van der Waals surface area contributed by atoms with Crippen molar-refractivity contribution < 1.29 is 19.7 Å².